The number of nitrogens with one attached hydrogen (secondary N) is 2. The van der Waals surface area contributed by atoms with Crippen molar-refractivity contribution in [3.8, 4) is 5.75 Å². The number of carbonyl (C=O) groups excluding carboxylic acids is 2. The second-order valence-electron chi connectivity index (χ2n) is 5.43. The van der Waals surface area contributed by atoms with Gasteiger partial charge in [0.1, 0.15) is 12.1 Å². The first kappa shape index (κ1) is 14.9. The van der Waals surface area contributed by atoms with Crippen LogP contribution in [-0.4, -0.2) is 28.1 Å². The Hall–Kier alpha value is -3.68. The lowest BCUT2D eigenvalue weighted by molar-refractivity contribution is -0.118. The van der Waals surface area contributed by atoms with Crippen LogP contribution in [0.15, 0.2) is 53.6 Å². The highest BCUT2D eigenvalue weighted by Gasteiger charge is 2.18. The highest BCUT2D eigenvalue weighted by Crippen LogP contribution is 2.28. The molecule has 0 spiro atoms. The molecule has 25 heavy (non-hydrogen) atoms. The molecule has 0 saturated heterocycles. The van der Waals surface area contributed by atoms with Crippen LogP contribution in [0.25, 0.3) is 10.9 Å². The third-order valence-corrected chi connectivity index (χ3v) is 3.76. The van der Waals surface area contributed by atoms with E-state index >= 15 is 0 Å². The zero-order chi connectivity index (χ0) is 17.4. The van der Waals surface area contributed by atoms with E-state index in [-0.39, 0.29) is 23.6 Å². The van der Waals surface area contributed by atoms with E-state index in [1.165, 1.54) is 18.5 Å². The van der Waals surface area contributed by atoms with Gasteiger partial charge in [0, 0.05) is 5.56 Å². The normalized spacial score (nSPS) is 12.9. The molecule has 3 aromatic rings. The first-order valence-corrected chi connectivity index (χ1v) is 7.46. The van der Waals surface area contributed by atoms with Crippen LogP contribution < -0.4 is 21.0 Å². The third-order valence-electron chi connectivity index (χ3n) is 3.76. The van der Waals surface area contributed by atoms with Gasteiger partial charge in [-0.3, -0.25) is 19.8 Å². The molecule has 0 bridgehead atoms. The van der Waals surface area contributed by atoms with Crippen molar-refractivity contribution < 1.29 is 14.3 Å². The molecule has 2 aromatic carbocycles. The van der Waals surface area contributed by atoms with Gasteiger partial charge in [-0.2, -0.15) is 0 Å². The number of hydrogen-bond acceptors (Lipinski definition) is 5. The maximum atomic E-state index is 12.4. The SMILES string of the molecule is O=C1COc2cc(C(=O)Nn3cnc4ccccc4c3=O)ccc2N1. The molecule has 0 saturated carbocycles. The molecule has 8 heteroatoms. The quantitative estimate of drug-likeness (QED) is 0.730. The summed E-state index contributed by atoms with van der Waals surface area (Å²) in [6, 6.07) is 11.5. The van der Waals surface area contributed by atoms with Gasteiger partial charge in [0.05, 0.1) is 16.6 Å². The Labute approximate surface area is 141 Å². The van der Waals surface area contributed by atoms with Crippen molar-refractivity contribution >= 4 is 28.4 Å². The van der Waals surface area contributed by atoms with Gasteiger partial charge in [0.25, 0.3) is 17.4 Å². The number of rotatable bonds is 2. The second kappa shape index (κ2) is 5.75. The molecule has 2 amide bonds. The fraction of sp³-hybridized carbons (Fsp3) is 0.0588. The van der Waals surface area contributed by atoms with Gasteiger partial charge in [-0.15, -0.1) is 0 Å². The summed E-state index contributed by atoms with van der Waals surface area (Å²) in [5.74, 6) is -0.350. The Morgan fingerprint density at radius 2 is 2.04 bits per heavy atom. The van der Waals surface area contributed by atoms with Crippen LogP contribution in [0.1, 0.15) is 10.4 Å². The predicted octanol–water partition coefficient (Wildman–Crippen LogP) is 1.11. The molecule has 0 radical (unpaired) electrons. The van der Waals surface area contributed by atoms with Crippen LogP contribution in [0.5, 0.6) is 5.75 Å². The minimum absolute atomic E-state index is 0.105. The molecule has 124 valence electrons. The molecule has 0 unspecified atom stereocenters. The second-order valence-corrected chi connectivity index (χ2v) is 5.43. The van der Waals surface area contributed by atoms with E-state index in [1.807, 2.05) is 0 Å². The molecular formula is C17H12N4O4. The van der Waals surface area contributed by atoms with Crippen LogP contribution in [0.2, 0.25) is 0 Å². The van der Waals surface area contributed by atoms with Gasteiger partial charge in [0.15, 0.2) is 6.61 Å². The fourth-order valence-electron chi connectivity index (χ4n) is 2.54. The first-order valence-electron chi connectivity index (χ1n) is 7.46. The zero-order valence-electron chi connectivity index (χ0n) is 12.9. The summed E-state index contributed by atoms with van der Waals surface area (Å²) in [5, 5.41) is 3.05. The predicted molar refractivity (Wildman–Crippen MR) is 90.3 cm³/mol. The molecule has 1 aliphatic heterocycles. The standard InChI is InChI=1S/C17H12N4O4/c22-15-8-25-14-7-10(5-6-13(14)19-15)16(23)20-21-9-18-12-4-2-1-3-11(12)17(21)24/h1-7,9H,8H2,(H,19,22)(H,20,23). The molecule has 1 aromatic heterocycles. The monoisotopic (exact) mass is 336 g/mol. The zero-order valence-corrected chi connectivity index (χ0v) is 12.9. The van der Waals surface area contributed by atoms with Crippen molar-refractivity contribution in [3.63, 3.8) is 0 Å². The summed E-state index contributed by atoms with van der Waals surface area (Å²) in [5.41, 5.74) is 3.46. The minimum Gasteiger partial charge on any atom is -0.482 e. The van der Waals surface area contributed by atoms with Gasteiger partial charge >= 0.3 is 0 Å². The van der Waals surface area contributed by atoms with E-state index in [2.05, 4.69) is 15.7 Å². The number of para-hydroxylation sites is 1. The van der Waals surface area contributed by atoms with Crippen molar-refractivity contribution in [2.75, 3.05) is 17.3 Å². The summed E-state index contributed by atoms with van der Waals surface area (Å²) < 4.78 is 6.32. The van der Waals surface area contributed by atoms with Crippen LogP contribution in [0.4, 0.5) is 5.69 Å². The number of carbonyl (C=O) groups is 2. The van der Waals surface area contributed by atoms with Crippen LogP contribution in [-0.2, 0) is 4.79 Å². The van der Waals surface area contributed by atoms with E-state index < -0.39 is 5.91 Å². The Bertz CT molecular complexity index is 1070. The molecule has 0 atom stereocenters. The number of benzene rings is 2. The van der Waals surface area contributed by atoms with Crippen molar-refractivity contribution in [3.05, 3.63) is 64.7 Å². The van der Waals surface area contributed by atoms with Crippen molar-refractivity contribution in [1.82, 2.24) is 9.66 Å². The average molecular weight is 336 g/mol. The van der Waals surface area contributed by atoms with Gasteiger partial charge < -0.3 is 10.1 Å². The van der Waals surface area contributed by atoms with Crippen molar-refractivity contribution in [2.45, 2.75) is 0 Å². The molecule has 2 N–H and O–H groups in total. The fourth-order valence-corrected chi connectivity index (χ4v) is 2.54. The maximum Gasteiger partial charge on any atom is 0.280 e. The van der Waals surface area contributed by atoms with E-state index in [0.29, 0.717) is 22.3 Å². The summed E-state index contributed by atoms with van der Waals surface area (Å²) in [4.78, 5) is 40.2. The third kappa shape index (κ3) is 2.69. The highest BCUT2D eigenvalue weighted by molar-refractivity contribution is 6.02. The van der Waals surface area contributed by atoms with Crippen molar-refractivity contribution in [2.24, 2.45) is 0 Å². The molecule has 8 nitrogen and oxygen atoms in total. The van der Waals surface area contributed by atoms with Crippen LogP contribution >= 0.6 is 0 Å². The number of amides is 2. The molecular weight excluding hydrogens is 324 g/mol. The first-order chi connectivity index (χ1) is 12.1. The van der Waals surface area contributed by atoms with E-state index in [1.54, 1.807) is 30.3 Å². The number of anilines is 1. The smallest absolute Gasteiger partial charge is 0.280 e. The largest absolute Gasteiger partial charge is 0.482 e. The number of fused-ring (bicyclic) bond motifs is 2. The summed E-state index contributed by atoms with van der Waals surface area (Å²) in [7, 11) is 0. The summed E-state index contributed by atoms with van der Waals surface area (Å²) in [6.45, 7) is -0.105. The average Bonchev–Trinajstić information content (AvgIpc) is 2.63. The Morgan fingerprint density at radius 3 is 2.92 bits per heavy atom. The number of hydrogen-bond donors (Lipinski definition) is 2. The number of ether oxygens (including phenoxy) is 1. The Kier molecular flexibility index (Phi) is 3.42. The Morgan fingerprint density at radius 1 is 1.20 bits per heavy atom. The van der Waals surface area contributed by atoms with Gasteiger partial charge in [-0.25, -0.2) is 9.66 Å². The topological polar surface area (TPSA) is 102 Å². The highest BCUT2D eigenvalue weighted by atomic mass is 16.5. The van der Waals surface area contributed by atoms with Crippen LogP contribution in [0, 0.1) is 0 Å². The van der Waals surface area contributed by atoms with Gasteiger partial charge in [-0.1, -0.05) is 12.1 Å². The molecule has 0 fully saturated rings. The number of nitrogens with zero attached hydrogens (tertiary/aromatic N) is 2. The van der Waals surface area contributed by atoms with E-state index in [4.69, 9.17) is 4.74 Å². The molecule has 4 rings (SSSR count). The van der Waals surface area contributed by atoms with Gasteiger partial charge in [0.2, 0.25) is 0 Å². The molecule has 1 aliphatic rings. The van der Waals surface area contributed by atoms with Gasteiger partial charge in [-0.05, 0) is 30.3 Å². The minimum atomic E-state index is -0.498. The maximum absolute atomic E-state index is 12.4. The van der Waals surface area contributed by atoms with Crippen molar-refractivity contribution in [1.29, 1.82) is 0 Å². The Balaban J connectivity index is 1.63. The number of aromatic nitrogens is 2. The van der Waals surface area contributed by atoms with E-state index in [0.717, 1.165) is 4.68 Å². The molecule has 0 aliphatic carbocycles. The lowest BCUT2D eigenvalue weighted by atomic mass is 10.1. The van der Waals surface area contributed by atoms with E-state index in [9.17, 15) is 14.4 Å². The summed E-state index contributed by atoms with van der Waals surface area (Å²) in [6.07, 6.45) is 1.26. The lowest BCUT2D eigenvalue weighted by Gasteiger charge is -2.18. The lowest BCUT2D eigenvalue weighted by Crippen LogP contribution is -2.33. The molecule has 2 heterocycles. The summed E-state index contributed by atoms with van der Waals surface area (Å²) >= 11 is 0. The van der Waals surface area contributed by atoms with Crippen LogP contribution in [0.3, 0.4) is 0 Å².